The van der Waals surface area contributed by atoms with E-state index in [-0.39, 0.29) is 36.1 Å². The van der Waals surface area contributed by atoms with Crippen molar-refractivity contribution in [1.82, 2.24) is 19.8 Å². The van der Waals surface area contributed by atoms with Crippen LogP contribution in [0.5, 0.6) is 5.75 Å². The maximum absolute atomic E-state index is 13.8. The monoisotopic (exact) mass is 742 g/mol. The van der Waals surface area contributed by atoms with Crippen LogP contribution in [0.4, 0.5) is 0 Å². The van der Waals surface area contributed by atoms with Crippen molar-refractivity contribution in [3.8, 4) is 16.9 Å². The van der Waals surface area contributed by atoms with Gasteiger partial charge in [0.25, 0.3) is 0 Å². The van der Waals surface area contributed by atoms with Gasteiger partial charge in [0.1, 0.15) is 5.75 Å². The van der Waals surface area contributed by atoms with Crippen molar-refractivity contribution < 1.29 is 27.9 Å². The summed E-state index contributed by atoms with van der Waals surface area (Å²) >= 11 is 0. The van der Waals surface area contributed by atoms with Gasteiger partial charge in [-0.2, -0.15) is 0 Å². The minimum Gasteiger partial charge on any atom is -0.497 e. The van der Waals surface area contributed by atoms with Gasteiger partial charge in [0.15, 0.2) is 0 Å². The molecule has 0 saturated heterocycles. The average molecular weight is 743 g/mol. The summed E-state index contributed by atoms with van der Waals surface area (Å²) in [6.07, 6.45) is 1.44. The van der Waals surface area contributed by atoms with Gasteiger partial charge >= 0.3 is 0 Å². The Hall–Kier alpha value is -4.55. The molecule has 0 aliphatic rings. The van der Waals surface area contributed by atoms with Gasteiger partial charge in [0, 0.05) is 40.3 Å². The lowest BCUT2D eigenvalue weighted by molar-refractivity contribution is -0.130. The number of carbonyl (C=O) groups excluding carboxylic acids is 2. The summed E-state index contributed by atoms with van der Waals surface area (Å²) in [7, 11) is 0.992. The van der Waals surface area contributed by atoms with E-state index in [1.807, 2.05) is 91.5 Å². The zero-order valence-corrected chi connectivity index (χ0v) is 32.4. The van der Waals surface area contributed by atoms with Crippen LogP contribution < -0.4 is 15.4 Å². The Morgan fingerprint density at radius 1 is 0.774 bits per heavy atom. The fourth-order valence-corrected chi connectivity index (χ4v) is 7.14. The highest BCUT2D eigenvalue weighted by Crippen LogP contribution is 2.26. The molecular weight excluding hydrogens is 689 g/mol. The predicted molar refractivity (Wildman–Crippen MR) is 210 cm³/mol. The fourth-order valence-electron chi connectivity index (χ4n) is 6.23. The second kappa shape index (κ2) is 20.1. The Balaban J connectivity index is 1.57. The first-order chi connectivity index (χ1) is 25.4. The standard InChI is InChI=1S/C42H54N4O6S/c1-6-20-46(21-7-2)42(49)28-34-22-33(23-36(24-34)35-16-18-38(19-17-35)53(50,51)45(3)4)27-41(48)44-39(26-31-12-9-8-10-13-31)40(47)30-43-29-32-14-11-15-37(25-32)52-5/h8-19,22-25,39-40,43,47H,6-7,20-21,26-30H2,1-5H3,(H,44,48)/t39-,40+/m0/s1. The highest BCUT2D eigenvalue weighted by molar-refractivity contribution is 7.89. The van der Waals surface area contributed by atoms with Crippen LogP contribution in [0.15, 0.2) is 102 Å². The molecule has 2 atom stereocenters. The first kappa shape index (κ1) is 41.2. The van der Waals surface area contributed by atoms with Gasteiger partial charge in [-0.25, -0.2) is 12.7 Å². The normalized spacial score (nSPS) is 12.7. The second-order valence-corrected chi connectivity index (χ2v) is 15.6. The topological polar surface area (TPSA) is 128 Å². The quantitative estimate of drug-likeness (QED) is 0.113. The summed E-state index contributed by atoms with van der Waals surface area (Å²) in [4.78, 5) is 29.2. The number of sulfonamides is 1. The molecule has 4 aromatic carbocycles. The van der Waals surface area contributed by atoms with Crippen LogP contribution in [0.25, 0.3) is 11.1 Å². The van der Waals surface area contributed by atoms with Crippen LogP contribution in [0.3, 0.4) is 0 Å². The number of aliphatic hydroxyl groups is 1. The van der Waals surface area contributed by atoms with Crippen molar-refractivity contribution in [1.29, 1.82) is 0 Å². The second-order valence-electron chi connectivity index (χ2n) is 13.5. The Labute approximate surface area is 315 Å². The van der Waals surface area contributed by atoms with Gasteiger partial charge in [-0.15, -0.1) is 0 Å². The number of benzene rings is 4. The van der Waals surface area contributed by atoms with Crippen LogP contribution in [0.2, 0.25) is 0 Å². The van der Waals surface area contributed by atoms with Gasteiger partial charge in [0.2, 0.25) is 21.8 Å². The number of nitrogens with one attached hydrogen (secondary N) is 2. The molecule has 53 heavy (non-hydrogen) atoms. The van der Waals surface area contributed by atoms with E-state index in [1.54, 1.807) is 31.4 Å². The van der Waals surface area contributed by atoms with E-state index in [2.05, 4.69) is 10.6 Å². The summed E-state index contributed by atoms with van der Waals surface area (Å²) < 4.78 is 31.9. The predicted octanol–water partition coefficient (Wildman–Crippen LogP) is 5.22. The van der Waals surface area contributed by atoms with Crippen molar-refractivity contribution in [2.45, 2.75) is 69.5 Å². The highest BCUT2D eigenvalue weighted by Gasteiger charge is 2.23. The number of nitrogens with zero attached hydrogens (tertiary/aromatic N) is 2. The lowest BCUT2D eigenvalue weighted by Crippen LogP contribution is -2.49. The molecule has 2 amide bonds. The number of rotatable bonds is 20. The minimum atomic E-state index is -3.61. The largest absolute Gasteiger partial charge is 0.497 e. The van der Waals surface area contributed by atoms with Crippen molar-refractivity contribution in [3.63, 3.8) is 0 Å². The molecule has 4 aromatic rings. The molecule has 11 heteroatoms. The summed E-state index contributed by atoms with van der Waals surface area (Å²) in [5.74, 6) is 0.503. The molecular formula is C42H54N4O6S. The highest BCUT2D eigenvalue weighted by atomic mass is 32.2. The lowest BCUT2D eigenvalue weighted by Gasteiger charge is -2.25. The maximum atomic E-state index is 13.8. The SMILES string of the molecule is CCCN(CCC)C(=O)Cc1cc(CC(=O)N[C@@H](Cc2ccccc2)[C@H](O)CNCc2cccc(OC)c2)cc(-c2ccc(S(=O)(=O)N(C)C)cc2)c1. The van der Waals surface area contributed by atoms with E-state index < -0.39 is 22.2 Å². The van der Waals surface area contributed by atoms with E-state index in [0.29, 0.717) is 31.6 Å². The molecule has 0 fully saturated rings. The van der Waals surface area contributed by atoms with Gasteiger partial charge in [-0.3, -0.25) is 9.59 Å². The molecule has 4 rings (SSSR count). The smallest absolute Gasteiger partial charge is 0.242 e. The molecule has 10 nitrogen and oxygen atoms in total. The van der Waals surface area contributed by atoms with Crippen molar-refractivity contribution >= 4 is 21.8 Å². The van der Waals surface area contributed by atoms with Gasteiger partial charge in [-0.05, 0) is 76.9 Å². The van der Waals surface area contributed by atoms with Crippen LogP contribution in [-0.4, -0.2) is 87.5 Å². The third-order valence-corrected chi connectivity index (χ3v) is 10.8. The Bertz CT molecular complexity index is 1880. The van der Waals surface area contributed by atoms with Crippen LogP contribution >= 0.6 is 0 Å². The molecule has 284 valence electrons. The summed E-state index contributed by atoms with van der Waals surface area (Å²) in [5.41, 5.74) is 4.99. The van der Waals surface area contributed by atoms with E-state index in [4.69, 9.17) is 4.74 Å². The van der Waals surface area contributed by atoms with Crippen molar-refractivity contribution in [2.75, 3.05) is 40.8 Å². The molecule has 0 bridgehead atoms. The fraction of sp³-hybridized carbons (Fsp3) is 0.381. The van der Waals surface area contributed by atoms with Crippen LogP contribution in [0.1, 0.15) is 48.9 Å². The van der Waals surface area contributed by atoms with Crippen molar-refractivity contribution in [3.05, 3.63) is 119 Å². The number of carbonyl (C=O) groups is 2. The Kier molecular flexibility index (Phi) is 15.6. The number of amides is 2. The van der Waals surface area contributed by atoms with E-state index in [0.717, 1.165) is 46.4 Å². The third-order valence-electron chi connectivity index (χ3n) is 9.00. The van der Waals surface area contributed by atoms with Crippen molar-refractivity contribution in [2.24, 2.45) is 0 Å². The van der Waals surface area contributed by atoms with E-state index >= 15 is 0 Å². The zero-order chi connectivity index (χ0) is 38.4. The number of hydrogen-bond acceptors (Lipinski definition) is 7. The molecule has 0 unspecified atom stereocenters. The number of aliphatic hydroxyl groups excluding tert-OH is 1. The first-order valence-corrected chi connectivity index (χ1v) is 19.7. The molecule has 0 aliphatic carbocycles. The van der Waals surface area contributed by atoms with Gasteiger partial charge in [0.05, 0.1) is 37.0 Å². The average Bonchev–Trinajstić information content (AvgIpc) is 3.14. The van der Waals surface area contributed by atoms with Gasteiger partial charge < -0.3 is 25.4 Å². The first-order valence-electron chi connectivity index (χ1n) is 18.2. The molecule has 0 radical (unpaired) electrons. The number of ether oxygens (including phenoxy) is 1. The van der Waals surface area contributed by atoms with E-state index in [1.165, 1.54) is 18.4 Å². The molecule has 0 aromatic heterocycles. The summed E-state index contributed by atoms with van der Waals surface area (Å²) in [5, 5.41) is 17.8. The maximum Gasteiger partial charge on any atom is 0.242 e. The zero-order valence-electron chi connectivity index (χ0n) is 31.5. The molecule has 0 spiro atoms. The van der Waals surface area contributed by atoms with E-state index in [9.17, 15) is 23.1 Å². The molecule has 3 N–H and O–H groups in total. The third kappa shape index (κ3) is 12.3. The Morgan fingerprint density at radius 2 is 1.42 bits per heavy atom. The summed E-state index contributed by atoms with van der Waals surface area (Å²) in [6, 6.07) is 29.2. The molecule has 0 heterocycles. The number of methoxy groups -OCH3 is 1. The van der Waals surface area contributed by atoms with Crippen LogP contribution in [-0.2, 0) is 45.4 Å². The molecule has 0 saturated carbocycles. The molecule has 0 aliphatic heterocycles. The Morgan fingerprint density at radius 3 is 2.04 bits per heavy atom. The van der Waals surface area contributed by atoms with Crippen LogP contribution in [0, 0.1) is 0 Å². The number of hydrogen-bond donors (Lipinski definition) is 3. The van der Waals surface area contributed by atoms with Gasteiger partial charge in [-0.1, -0.05) is 86.6 Å². The summed E-state index contributed by atoms with van der Waals surface area (Å²) in [6.45, 7) is 6.21. The lowest BCUT2D eigenvalue weighted by atomic mass is 9.96. The minimum absolute atomic E-state index is 0.0150.